The summed E-state index contributed by atoms with van der Waals surface area (Å²) >= 11 is 0. The summed E-state index contributed by atoms with van der Waals surface area (Å²) in [5.41, 5.74) is 2.69. The predicted octanol–water partition coefficient (Wildman–Crippen LogP) is 3.84. The van der Waals surface area contributed by atoms with Gasteiger partial charge in [-0.25, -0.2) is 0 Å². The van der Waals surface area contributed by atoms with Crippen LogP contribution in [0.5, 0.6) is 11.5 Å². The van der Waals surface area contributed by atoms with E-state index in [9.17, 15) is 13.6 Å². The van der Waals surface area contributed by atoms with Crippen molar-refractivity contribution in [2.24, 2.45) is 0 Å². The Hall–Kier alpha value is -2.64. The van der Waals surface area contributed by atoms with Crippen LogP contribution in [-0.4, -0.2) is 36.0 Å². The summed E-state index contributed by atoms with van der Waals surface area (Å²) in [6.45, 7) is 7.26. The summed E-state index contributed by atoms with van der Waals surface area (Å²) in [4.78, 5) is 12.6. The van der Waals surface area contributed by atoms with Crippen molar-refractivity contribution in [1.82, 2.24) is 15.1 Å². The number of alkyl halides is 2. The fourth-order valence-corrected chi connectivity index (χ4v) is 3.09. The summed E-state index contributed by atoms with van der Waals surface area (Å²) in [5, 5.41) is 7.38. The van der Waals surface area contributed by atoms with E-state index in [0.717, 1.165) is 11.3 Å². The van der Waals surface area contributed by atoms with Crippen molar-refractivity contribution in [3.63, 3.8) is 0 Å². The number of benzene rings is 1. The highest BCUT2D eigenvalue weighted by Gasteiger charge is 2.24. The van der Waals surface area contributed by atoms with Gasteiger partial charge in [0.15, 0.2) is 11.5 Å². The maximum absolute atomic E-state index is 12.6. The van der Waals surface area contributed by atoms with E-state index < -0.39 is 6.61 Å². The fraction of sp³-hybridized carbons (Fsp3) is 0.500. The van der Waals surface area contributed by atoms with Crippen LogP contribution in [0.1, 0.15) is 48.1 Å². The van der Waals surface area contributed by atoms with Crippen LogP contribution >= 0.6 is 0 Å². The molecule has 0 aliphatic heterocycles. The zero-order valence-corrected chi connectivity index (χ0v) is 17.1. The van der Waals surface area contributed by atoms with Gasteiger partial charge in [0.1, 0.15) is 0 Å². The number of hydrogen-bond donors (Lipinski definition) is 1. The third-order valence-electron chi connectivity index (χ3n) is 4.30. The van der Waals surface area contributed by atoms with Crippen LogP contribution in [0, 0.1) is 13.8 Å². The number of aryl methyl sites for hydroxylation is 1. The number of methoxy groups -OCH3 is 1. The number of hydrogen-bond acceptors (Lipinski definition) is 4. The summed E-state index contributed by atoms with van der Waals surface area (Å²) in [6.07, 6.45) is 0.516. The van der Waals surface area contributed by atoms with Crippen molar-refractivity contribution in [3.05, 3.63) is 40.7 Å². The number of carbonyl (C=O) groups excluding carboxylic acids is 1. The number of halogens is 2. The number of rotatable bonds is 7. The molecule has 0 radical (unpaired) electrons. The number of ether oxygens (including phenoxy) is 2. The molecule has 6 nitrogen and oxygen atoms in total. The number of carbonyl (C=O) groups is 1. The lowest BCUT2D eigenvalue weighted by molar-refractivity contribution is -0.0512. The second-order valence-corrected chi connectivity index (χ2v) is 7.50. The summed E-state index contributed by atoms with van der Waals surface area (Å²) in [5.74, 6) is 0.0171. The molecule has 1 amide bonds. The van der Waals surface area contributed by atoms with Gasteiger partial charge in [0.05, 0.1) is 23.9 Å². The average molecular weight is 395 g/mol. The van der Waals surface area contributed by atoms with Gasteiger partial charge in [-0.1, -0.05) is 6.07 Å². The zero-order chi connectivity index (χ0) is 21.1. The monoisotopic (exact) mass is 395 g/mol. The van der Waals surface area contributed by atoms with Gasteiger partial charge in [-0.15, -0.1) is 0 Å². The number of aromatic nitrogens is 2. The molecule has 1 N–H and O–H groups in total. The molecule has 0 atom stereocenters. The molecule has 2 aromatic rings. The maximum Gasteiger partial charge on any atom is 0.387 e. The van der Waals surface area contributed by atoms with Gasteiger partial charge in [-0.05, 0) is 58.7 Å². The minimum Gasteiger partial charge on any atom is -0.493 e. The van der Waals surface area contributed by atoms with E-state index in [1.807, 2.05) is 39.3 Å². The molecule has 2 rings (SSSR count). The van der Waals surface area contributed by atoms with Gasteiger partial charge < -0.3 is 14.8 Å². The highest BCUT2D eigenvalue weighted by atomic mass is 19.3. The molecule has 0 bridgehead atoms. The zero-order valence-electron chi connectivity index (χ0n) is 17.1. The predicted molar refractivity (Wildman–Crippen MR) is 102 cm³/mol. The van der Waals surface area contributed by atoms with Gasteiger partial charge >= 0.3 is 6.61 Å². The minimum absolute atomic E-state index is 0.0221. The number of nitrogens with zero attached hydrogens (tertiary/aromatic N) is 2. The van der Waals surface area contributed by atoms with Crippen LogP contribution in [0.25, 0.3) is 0 Å². The molecule has 0 fully saturated rings. The molecule has 1 aromatic heterocycles. The Morgan fingerprint density at radius 2 is 1.93 bits per heavy atom. The van der Waals surface area contributed by atoms with E-state index in [2.05, 4.69) is 15.2 Å². The summed E-state index contributed by atoms with van der Waals surface area (Å²) in [6, 6.07) is 4.72. The molecule has 0 unspecified atom stereocenters. The molecule has 0 saturated carbocycles. The molecule has 0 aliphatic carbocycles. The van der Waals surface area contributed by atoms with Crippen molar-refractivity contribution in [2.45, 2.75) is 53.2 Å². The first-order chi connectivity index (χ1) is 13.0. The second kappa shape index (κ2) is 8.58. The minimum atomic E-state index is -2.92. The maximum atomic E-state index is 12.6. The van der Waals surface area contributed by atoms with E-state index in [1.165, 1.54) is 13.2 Å². The third-order valence-corrected chi connectivity index (χ3v) is 4.30. The molecule has 1 aromatic carbocycles. The lowest BCUT2D eigenvalue weighted by Crippen LogP contribution is -2.28. The van der Waals surface area contributed by atoms with Crippen molar-refractivity contribution < 1.29 is 23.0 Å². The van der Waals surface area contributed by atoms with E-state index in [1.54, 1.807) is 12.1 Å². The normalized spacial score (nSPS) is 11.6. The molecule has 0 saturated heterocycles. The fourth-order valence-electron chi connectivity index (χ4n) is 3.09. The molecule has 0 aliphatic rings. The van der Waals surface area contributed by atoms with Crippen LogP contribution in [0.3, 0.4) is 0 Å². The topological polar surface area (TPSA) is 65.4 Å². The van der Waals surface area contributed by atoms with Gasteiger partial charge in [0, 0.05) is 12.2 Å². The van der Waals surface area contributed by atoms with E-state index in [0.29, 0.717) is 24.2 Å². The van der Waals surface area contributed by atoms with Crippen molar-refractivity contribution in [2.75, 3.05) is 13.7 Å². The Balaban J connectivity index is 2.04. The summed E-state index contributed by atoms with van der Waals surface area (Å²) in [7, 11) is 1.39. The van der Waals surface area contributed by atoms with Crippen molar-refractivity contribution >= 4 is 5.91 Å². The van der Waals surface area contributed by atoms with Crippen LogP contribution in [0.2, 0.25) is 0 Å². The number of nitrogens with one attached hydrogen (secondary N) is 1. The first-order valence-corrected chi connectivity index (χ1v) is 9.01. The van der Waals surface area contributed by atoms with Gasteiger partial charge in [-0.2, -0.15) is 13.9 Å². The molecular weight excluding hydrogens is 368 g/mol. The quantitative estimate of drug-likeness (QED) is 0.774. The molecule has 28 heavy (non-hydrogen) atoms. The Morgan fingerprint density at radius 3 is 2.46 bits per heavy atom. The Bertz CT molecular complexity index is 842. The smallest absolute Gasteiger partial charge is 0.387 e. The Labute approximate surface area is 163 Å². The van der Waals surface area contributed by atoms with E-state index in [4.69, 9.17) is 4.74 Å². The first kappa shape index (κ1) is 21.7. The highest BCUT2D eigenvalue weighted by molar-refractivity contribution is 5.96. The van der Waals surface area contributed by atoms with Gasteiger partial charge in [-0.3, -0.25) is 9.48 Å². The molecular formula is C20H27F2N3O3. The van der Waals surface area contributed by atoms with E-state index in [-0.39, 0.29) is 22.9 Å². The van der Waals surface area contributed by atoms with Crippen LogP contribution < -0.4 is 14.8 Å². The van der Waals surface area contributed by atoms with Crippen LogP contribution in [-0.2, 0) is 12.0 Å². The molecule has 8 heteroatoms. The second-order valence-electron chi connectivity index (χ2n) is 7.50. The summed E-state index contributed by atoms with van der Waals surface area (Å²) < 4.78 is 36.2. The SMILES string of the molecule is COc1cc(CCNC(=O)c2c(C)nn(C(C)(C)C)c2C)ccc1OC(F)F. The third kappa shape index (κ3) is 4.99. The lowest BCUT2D eigenvalue weighted by Gasteiger charge is -2.21. The van der Waals surface area contributed by atoms with Crippen molar-refractivity contribution in [3.8, 4) is 11.5 Å². The molecule has 0 spiro atoms. The van der Waals surface area contributed by atoms with Crippen LogP contribution in [0.4, 0.5) is 8.78 Å². The Morgan fingerprint density at radius 1 is 1.25 bits per heavy atom. The number of amides is 1. The standard InChI is InChI=1S/C20H27F2N3O3/c1-12-17(13(2)25(24-12)20(3,4)5)18(26)23-10-9-14-7-8-15(28-19(21)22)16(11-14)27-6/h7-8,11,19H,9-10H2,1-6H3,(H,23,26). The average Bonchev–Trinajstić information content (AvgIpc) is 2.90. The molecule has 1 heterocycles. The molecule has 154 valence electrons. The van der Waals surface area contributed by atoms with E-state index >= 15 is 0 Å². The largest absolute Gasteiger partial charge is 0.493 e. The van der Waals surface area contributed by atoms with Crippen molar-refractivity contribution in [1.29, 1.82) is 0 Å². The van der Waals surface area contributed by atoms with Gasteiger partial charge in [0.2, 0.25) is 0 Å². The van der Waals surface area contributed by atoms with Crippen LogP contribution in [0.15, 0.2) is 18.2 Å². The highest BCUT2D eigenvalue weighted by Crippen LogP contribution is 2.29. The lowest BCUT2D eigenvalue weighted by atomic mass is 10.1. The first-order valence-electron chi connectivity index (χ1n) is 9.01. The Kier molecular flexibility index (Phi) is 6.64. The van der Waals surface area contributed by atoms with Gasteiger partial charge in [0.25, 0.3) is 5.91 Å².